The lowest BCUT2D eigenvalue weighted by atomic mass is 10.0. The molecule has 2 amide bonds. The molecule has 2 aromatic rings. The Balaban J connectivity index is 1.65. The molecule has 1 aromatic heterocycles. The van der Waals surface area contributed by atoms with Gasteiger partial charge in [0.15, 0.2) is 11.5 Å². The number of rotatable bonds is 4. The van der Waals surface area contributed by atoms with Gasteiger partial charge in [-0.05, 0) is 39.4 Å². The standard InChI is InChI=1S/C20H26N4O3/c1-13-5-6-14(2)16(11-13)18-12-17(22-27-18)19(25)21-15(3)20(26)24-9-7-23(4)8-10-24/h5-6,11-12,15H,7-10H2,1-4H3,(H,21,25)/t15-/m0/s1. The topological polar surface area (TPSA) is 78.7 Å². The summed E-state index contributed by atoms with van der Waals surface area (Å²) in [6.45, 7) is 8.72. The Morgan fingerprint density at radius 3 is 2.56 bits per heavy atom. The third-order valence-corrected chi connectivity index (χ3v) is 4.93. The van der Waals surface area contributed by atoms with Crippen LogP contribution in [-0.4, -0.2) is 66.0 Å². The number of hydrogen-bond acceptors (Lipinski definition) is 5. The highest BCUT2D eigenvalue weighted by atomic mass is 16.5. The van der Waals surface area contributed by atoms with Crippen LogP contribution in [0, 0.1) is 13.8 Å². The van der Waals surface area contributed by atoms with Crippen molar-refractivity contribution in [3.05, 3.63) is 41.1 Å². The summed E-state index contributed by atoms with van der Waals surface area (Å²) in [7, 11) is 2.03. The van der Waals surface area contributed by atoms with Crippen molar-refractivity contribution in [3.63, 3.8) is 0 Å². The van der Waals surface area contributed by atoms with Gasteiger partial charge in [0.2, 0.25) is 5.91 Å². The van der Waals surface area contributed by atoms with Gasteiger partial charge >= 0.3 is 0 Å². The number of aryl methyl sites for hydroxylation is 2. The molecule has 0 spiro atoms. The average molecular weight is 370 g/mol. The Kier molecular flexibility index (Phi) is 5.60. The summed E-state index contributed by atoms with van der Waals surface area (Å²) in [4.78, 5) is 29.0. The van der Waals surface area contributed by atoms with E-state index >= 15 is 0 Å². The molecular formula is C20H26N4O3. The van der Waals surface area contributed by atoms with Crippen molar-refractivity contribution in [1.82, 2.24) is 20.3 Å². The zero-order chi connectivity index (χ0) is 19.6. The molecular weight excluding hydrogens is 344 g/mol. The number of nitrogens with one attached hydrogen (secondary N) is 1. The van der Waals surface area contributed by atoms with Crippen LogP contribution in [0.4, 0.5) is 0 Å². The van der Waals surface area contributed by atoms with Gasteiger partial charge in [-0.1, -0.05) is 22.9 Å². The molecule has 27 heavy (non-hydrogen) atoms. The van der Waals surface area contributed by atoms with Crippen LogP contribution >= 0.6 is 0 Å². The van der Waals surface area contributed by atoms with Crippen molar-refractivity contribution < 1.29 is 14.1 Å². The van der Waals surface area contributed by atoms with E-state index in [4.69, 9.17) is 4.52 Å². The van der Waals surface area contributed by atoms with E-state index in [0.29, 0.717) is 18.8 Å². The first-order valence-corrected chi connectivity index (χ1v) is 9.17. The van der Waals surface area contributed by atoms with Gasteiger partial charge < -0.3 is 19.6 Å². The second-order valence-corrected chi connectivity index (χ2v) is 7.22. The number of piperazine rings is 1. The summed E-state index contributed by atoms with van der Waals surface area (Å²) < 4.78 is 5.37. The third-order valence-electron chi connectivity index (χ3n) is 4.93. The van der Waals surface area contributed by atoms with E-state index < -0.39 is 11.9 Å². The van der Waals surface area contributed by atoms with Gasteiger partial charge in [-0.2, -0.15) is 0 Å². The van der Waals surface area contributed by atoms with E-state index in [1.807, 2.05) is 39.1 Å². The summed E-state index contributed by atoms with van der Waals surface area (Å²) in [6, 6.07) is 7.03. The van der Waals surface area contributed by atoms with Gasteiger partial charge in [0.1, 0.15) is 6.04 Å². The molecule has 0 unspecified atom stereocenters. The molecule has 1 aromatic carbocycles. The van der Waals surface area contributed by atoms with E-state index in [-0.39, 0.29) is 11.6 Å². The molecule has 0 radical (unpaired) electrons. The van der Waals surface area contributed by atoms with E-state index in [0.717, 1.165) is 29.8 Å². The van der Waals surface area contributed by atoms with Crippen LogP contribution < -0.4 is 5.32 Å². The van der Waals surface area contributed by atoms with Crippen molar-refractivity contribution in [1.29, 1.82) is 0 Å². The average Bonchev–Trinajstić information content (AvgIpc) is 3.13. The van der Waals surface area contributed by atoms with Crippen LogP contribution in [0.3, 0.4) is 0 Å². The first kappa shape index (κ1) is 19.1. The molecule has 1 saturated heterocycles. The van der Waals surface area contributed by atoms with Crippen molar-refractivity contribution in [2.45, 2.75) is 26.8 Å². The molecule has 0 bridgehead atoms. The summed E-state index contributed by atoms with van der Waals surface area (Å²) in [5.74, 6) is 0.0550. The van der Waals surface area contributed by atoms with Crippen molar-refractivity contribution in [2.24, 2.45) is 0 Å². The second kappa shape index (κ2) is 7.92. The van der Waals surface area contributed by atoms with Crippen LogP contribution in [0.5, 0.6) is 0 Å². The minimum Gasteiger partial charge on any atom is -0.355 e. The lowest BCUT2D eigenvalue weighted by Gasteiger charge is -2.34. The largest absolute Gasteiger partial charge is 0.355 e. The summed E-state index contributed by atoms with van der Waals surface area (Å²) >= 11 is 0. The van der Waals surface area contributed by atoms with E-state index in [9.17, 15) is 9.59 Å². The Labute approximate surface area is 159 Å². The number of likely N-dealkylation sites (N-methyl/N-ethyl adjacent to an activating group) is 1. The minimum absolute atomic E-state index is 0.0744. The third kappa shape index (κ3) is 4.36. The zero-order valence-electron chi connectivity index (χ0n) is 16.3. The quantitative estimate of drug-likeness (QED) is 0.889. The maximum atomic E-state index is 12.5. The highest BCUT2D eigenvalue weighted by molar-refractivity contribution is 5.96. The van der Waals surface area contributed by atoms with Gasteiger partial charge in [0.25, 0.3) is 5.91 Å². The van der Waals surface area contributed by atoms with Crippen LogP contribution in [0.15, 0.2) is 28.8 Å². The summed E-state index contributed by atoms with van der Waals surface area (Å²) in [5.41, 5.74) is 3.22. The van der Waals surface area contributed by atoms with Crippen LogP contribution in [0.25, 0.3) is 11.3 Å². The smallest absolute Gasteiger partial charge is 0.274 e. The minimum atomic E-state index is -0.609. The fourth-order valence-corrected chi connectivity index (χ4v) is 3.14. The van der Waals surface area contributed by atoms with E-state index in [1.54, 1.807) is 17.9 Å². The number of amides is 2. The fourth-order valence-electron chi connectivity index (χ4n) is 3.14. The normalized spacial score (nSPS) is 16.2. The number of carbonyl (C=O) groups excluding carboxylic acids is 2. The Hall–Kier alpha value is -2.67. The molecule has 1 fully saturated rings. The predicted octanol–water partition coefficient (Wildman–Crippen LogP) is 1.85. The van der Waals surface area contributed by atoms with Gasteiger partial charge in [0.05, 0.1) is 0 Å². The molecule has 1 atom stereocenters. The molecule has 0 saturated carbocycles. The summed E-state index contributed by atoms with van der Waals surface area (Å²) in [5, 5.41) is 6.61. The number of nitrogens with zero attached hydrogens (tertiary/aromatic N) is 3. The van der Waals surface area contributed by atoms with E-state index in [1.165, 1.54) is 0 Å². The molecule has 0 aliphatic carbocycles. The molecule has 3 rings (SSSR count). The number of aromatic nitrogens is 1. The maximum absolute atomic E-state index is 12.5. The number of benzene rings is 1. The Morgan fingerprint density at radius 1 is 1.15 bits per heavy atom. The SMILES string of the molecule is Cc1ccc(C)c(-c2cc(C(=O)N[C@@H](C)C(=O)N3CCN(C)CC3)no2)c1. The molecule has 1 aliphatic heterocycles. The molecule has 7 heteroatoms. The van der Waals surface area contributed by atoms with Crippen molar-refractivity contribution in [2.75, 3.05) is 33.2 Å². The van der Waals surface area contributed by atoms with Crippen molar-refractivity contribution >= 4 is 11.8 Å². The lowest BCUT2D eigenvalue weighted by Crippen LogP contribution is -2.53. The molecule has 144 valence electrons. The molecule has 7 nitrogen and oxygen atoms in total. The van der Waals surface area contributed by atoms with Crippen LogP contribution in [-0.2, 0) is 4.79 Å². The first-order chi connectivity index (χ1) is 12.8. The highest BCUT2D eigenvalue weighted by Crippen LogP contribution is 2.25. The number of hydrogen-bond donors (Lipinski definition) is 1. The summed E-state index contributed by atoms with van der Waals surface area (Å²) in [6.07, 6.45) is 0. The first-order valence-electron chi connectivity index (χ1n) is 9.17. The van der Waals surface area contributed by atoms with Crippen LogP contribution in [0.1, 0.15) is 28.5 Å². The van der Waals surface area contributed by atoms with Gasteiger partial charge in [-0.3, -0.25) is 9.59 Å². The Bertz CT molecular complexity index is 838. The fraction of sp³-hybridized carbons (Fsp3) is 0.450. The molecule has 1 N–H and O–H groups in total. The highest BCUT2D eigenvalue weighted by Gasteiger charge is 2.26. The monoisotopic (exact) mass is 370 g/mol. The maximum Gasteiger partial charge on any atom is 0.274 e. The lowest BCUT2D eigenvalue weighted by molar-refractivity contribution is -0.134. The molecule has 1 aliphatic rings. The van der Waals surface area contributed by atoms with E-state index in [2.05, 4.69) is 15.4 Å². The number of carbonyl (C=O) groups is 2. The zero-order valence-corrected chi connectivity index (χ0v) is 16.3. The Morgan fingerprint density at radius 2 is 1.85 bits per heavy atom. The van der Waals surface area contributed by atoms with Gasteiger partial charge in [-0.15, -0.1) is 0 Å². The predicted molar refractivity (Wildman–Crippen MR) is 102 cm³/mol. The second-order valence-electron chi connectivity index (χ2n) is 7.22. The van der Waals surface area contributed by atoms with Crippen LogP contribution in [0.2, 0.25) is 0 Å². The van der Waals surface area contributed by atoms with Crippen molar-refractivity contribution in [3.8, 4) is 11.3 Å². The van der Waals surface area contributed by atoms with Gasteiger partial charge in [-0.25, -0.2) is 0 Å². The molecule has 2 heterocycles. The van der Waals surface area contributed by atoms with Gasteiger partial charge in [0, 0.05) is 37.8 Å².